The Labute approximate surface area is 67.0 Å². The Hall–Kier alpha value is 1.25. The van der Waals surface area contributed by atoms with Crippen LogP contribution in [0.5, 0.6) is 0 Å². The molecule has 0 spiro atoms. The Bertz CT molecular complexity index is 76.6. The first-order chi connectivity index (χ1) is 3.77. The summed E-state index contributed by atoms with van der Waals surface area (Å²) in [4.78, 5) is 0. The summed E-state index contributed by atoms with van der Waals surface area (Å²) in [7, 11) is 0. The lowest BCUT2D eigenvalue weighted by atomic mass is 10.1. The average molecular weight is 187 g/mol. The molecule has 0 aromatic carbocycles. The molecular formula is C6H11BrMg. The molecule has 0 nitrogen and oxygen atoms in total. The van der Waals surface area contributed by atoms with E-state index in [4.69, 9.17) is 0 Å². The van der Waals surface area contributed by atoms with Crippen LogP contribution in [0.3, 0.4) is 0 Å². The summed E-state index contributed by atoms with van der Waals surface area (Å²) in [6.07, 6.45) is 5.94. The van der Waals surface area contributed by atoms with Gasteiger partial charge in [-0.2, -0.15) is 0 Å². The fraction of sp³-hybridized carbons (Fsp3) is 1.00. The van der Waals surface area contributed by atoms with E-state index in [2.05, 4.69) is 19.8 Å². The number of hydrogen-bond donors (Lipinski definition) is 0. The van der Waals surface area contributed by atoms with Crippen molar-refractivity contribution in [2.45, 2.75) is 36.2 Å². The van der Waals surface area contributed by atoms with Gasteiger partial charge in [-0.1, -0.05) is 32.6 Å². The van der Waals surface area contributed by atoms with Crippen molar-refractivity contribution in [2.75, 3.05) is 0 Å². The second-order valence-electron chi connectivity index (χ2n) is 3.15. The summed E-state index contributed by atoms with van der Waals surface area (Å²) in [6.45, 7) is 2.43. The number of rotatable bonds is 1. The van der Waals surface area contributed by atoms with Gasteiger partial charge in [0.15, 0.2) is 0 Å². The van der Waals surface area contributed by atoms with Crippen molar-refractivity contribution in [1.82, 2.24) is 0 Å². The van der Waals surface area contributed by atoms with Crippen molar-refractivity contribution < 1.29 is 0 Å². The predicted molar refractivity (Wildman–Crippen MR) is 41.5 cm³/mol. The molecule has 1 rings (SSSR count). The lowest BCUT2D eigenvalue weighted by Crippen LogP contribution is -2.05. The largest absolute Gasteiger partial charge is 0.474 e. The van der Waals surface area contributed by atoms with Gasteiger partial charge in [0.25, 0.3) is 0 Å². The van der Waals surface area contributed by atoms with E-state index in [1.165, 1.54) is 25.7 Å². The first-order valence-corrected chi connectivity index (χ1v) is 7.93. The molecule has 0 bridgehead atoms. The fourth-order valence-corrected chi connectivity index (χ4v) is 3.81. The van der Waals surface area contributed by atoms with Crippen molar-refractivity contribution in [3.8, 4) is 0 Å². The van der Waals surface area contributed by atoms with Crippen LogP contribution in [0.2, 0.25) is 3.54 Å². The van der Waals surface area contributed by atoms with Crippen LogP contribution in [0.1, 0.15) is 32.6 Å². The van der Waals surface area contributed by atoms with Crippen LogP contribution in [0.4, 0.5) is 0 Å². The van der Waals surface area contributed by atoms with Crippen LogP contribution >= 0.6 is 12.9 Å². The SMILES string of the molecule is C[C]1([Mg][Br])CCCC1. The molecule has 0 saturated heterocycles. The molecule has 1 aliphatic carbocycles. The third-order valence-corrected chi connectivity index (χ3v) is 7.55. The third kappa shape index (κ3) is 1.61. The average Bonchev–Trinajstić information content (AvgIpc) is 2.17. The minimum Gasteiger partial charge on any atom is -0.306 e. The van der Waals surface area contributed by atoms with Gasteiger partial charge in [-0.05, 0) is 0 Å². The quantitative estimate of drug-likeness (QED) is 0.554. The molecule has 0 amide bonds. The van der Waals surface area contributed by atoms with E-state index in [1.54, 1.807) is 0 Å². The topological polar surface area (TPSA) is 0 Å². The van der Waals surface area contributed by atoms with E-state index in [0.717, 1.165) is 3.54 Å². The van der Waals surface area contributed by atoms with Gasteiger partial charge >= 0.3 is 18.2 Å². The minimum absolute atomic E-state index is 0.106. The Balaban J connectivity index is 2.40. The molecule has 0 aliphatic heterocycles. The summed E-state index contributed by atoms with van der Waals surface area (Å²) in [5.41, 5.74) is 0. The molecular weight excluding hydrogens is 176 g/mol. The highest BCUT2D eigenvalue weighted by Crippen LogP contribution is 2.44. The summed E-state index contributed by atoms with van der Waals surface area (Å²) in [5.74, 6) is 0. The van der Waals surface area contributed by atoms with Gasteiger partial charge in [0.2, 0.25) is 0 Å². The molecule has 2 heteroatoms. The maximum absolute atomic E-state index is 3.67. The van der Waals surface area contributed by atoms with Crippen molar-refractivity contribution >= 4 is 31.1 Å². The molecule has 1 aliphatic rings. The maximum atomic E-state index is 3.67. The van der Waals surface area contributed by atoms with E-state index in [0.29, 0.717) is 0 Å². The van der Waals surface area contributed by atoms with Crippen molar-refractivity contribution in [2.24, 2.45) is 0 Å². The Kier molecular flexibility index (Phi) is 2.65. The van der Waals surface area contributed by atoms with Crippen LogP contribution in [0.15, 0.2) is 0 Å². The van der Waals surface area contributed by atoms with Gasteiger partial charge in [0.1, 0.15) is 0 Å². The van der Waals surface area contributed by atoms with Crippen LogP contribution in [-0.4, -0.2) is 18.2 Å². The number of halogens is 1. The van der Waals surface area contributed by atoms with Crippen molar-refractivity contribution in [3.63, 3.8) is 0 Å². The van der Waals surface area contributed by atoms with Gasteiger partial charge in [-0.25, -0.2) is 0 Å². The second-order valence-corrected chi connectivity index (χ2v) is 6.81. The monoisotopic (exact) mass is 186 g/mol. The molecule has 0 atom stereocenters. The molecule has 0 unspecified atom stereocenters. The summed E-state index contributed by atoms with van der Waals surface area (Å²) in [5, 5.41) is 0. The zero-order valence-electron chi connectivity index (χ0n) is 5.41. The molecule has 0 aromatic heterocycles. The first-order valence-electron chi connectivity index (χ1n) is 3.33. The highest BCUT2D eigenvalue weighted by Gasteiger charge is 2.28. The third-order valence-electron chi connectivity index (χ3n) is 2.13. The lowest BCUT2D eigenvalue weighted by Gasteiger charge is -2.18. The van der Waals surface area contributed by atoms with E-state index in [-0.39, 0.29) is 18.2 Å². The summed E-state index contributed by atoms with van der Waals surface area (Å²) in [6, 6.07) is 0. The van der Waals surface area contributed by atoms with Gasteiger partial charge in [-0.15, -0.1) is 3.54 Å². The normalized spacial score (nSPS) is 25.2. The van der Waals surface area contributed by atoms with Gasteiger partial charge in [0.05, 0.1) is 0 Å². The molecule has 0 radical (unpaired) electrons. The first kappa shape index (κ1) is 7.35. The molecule has 8 heavy (non-hydrogen) atoms. The zero-order valence-corrected chi connectivity index (χ0v) is 8.41. The highest BCUT2D eigenvalue weighted by atomic mass is 79.9. The van der Waals surface area contributed by atoms with Crippen LogP contribution in [0.25, 0.3) is 0 Å². The number of hydrogen-bond acceptors (Lipinski definition) is 0. The molecule has 0 N–H and O–H groups in total. The van der Waals surface area contributed by atoms with Crippen LogP contribution in [0, 0.1) is 0 Å². The van der Waals surface area contributed by atoms with Crippen molar-refractivity contribution in [3.05, 3.63) is 0 Å². The van der Waals surface area contributed by atoms with Gasteiger partial charge in [-0.3, -0.25) is 0 Å². The second kappa shape index (κ2) is 2.89. The lowest BCUT2D eigenvalue weighted by molar-refractivity contribution is 0.639. The van der Waals surface area contributed by atoms with Crippen LogP contribution in [-0.2, 0) is 0 Å². The van der Waals surface area contributed by atoms with Gasteiger partial charge in [0, 0.05) is 0 Å². The Morgan fingerprint density at radius 3 is 2.12 bits per heavy atom. The molecule has 0 heterocycles. The molecule has 1 fully saturated rings. The fourth-order valence-electron chi connectivity index (χ4n) is 1.36. The van der Waals surface area contributed by atoms with E-state index in [9.17, 15) is 0 Å². The standard InChI is InChI=1S/C6H11.BrH.Mg/c1-6-4-2-3-5-6;;/h2-5H2,1H3;1H;/q;;+1/p-1. The molecule has 1 saturated carbocycles. The Morgan fingerprint density at radius 2 is 1.88 bits per heavy atom. The summed E-state index contributed by atoms with van der Waals surface area (Å²) >= 11 is 3.78. The maximum Gasteiger partial charge on any atom is 0.474 e. The summed E-state index contributed by atoms with van der Waals surface area (Å²) < 4.78 is 0.792. The van der Waals surface area contributed by atoms with E-state index < -0.39 is 0 Å². The van der Waals surface area contributed by atoms with E-state index >= 15 is 0 Å². The van der Waals surface area contributed by atoms with Crippen molar-refractivity contribution in [1.29, 1.82) is 0 Å². The highest BCUT2D eigenvalue weighted by molar-refractivity contribution is 9.23. The minimum atomic E-state index is 0.106. The predicted octanol–water partition coefficient (Wildman–Crippen LogP) is 2.75. The molecule has 44 valence electrons. The smallest absolute Gasteiger partial charge is 0.306 e. The van der Waals surface area contributed by atoms with Gasteiger partial charge < -0.3 is 12.9 Å². The Morgan fingerprint density at radius 1 is 1.38 bits per heavy atom. The molecule has 0 aromatic rings. The zero-order chi connectivity index (χ0) is 6.04. The van der Waals surface area contributed by atoms with E-state index in [1.807, 2.05) is 0 Å². The van der Waals surface area contributed by atoms with Crippen LogP contribution < -0.4 is 0 Å².